The lowest BCUT2D eigenvalue weighted by Crippen LogP contribution is -1.92. The molecule has 1 aromatic rings. The van der Waals surface area contributed by atoms with Crippen LogP contribution < -0.4 is 0 Å². The van der Waals surface area contributed by atoms with Crippen LogP contribution in [0.2, 0.25) is 5.02 Å². The number of rotatable bonds is 5. The van der Waals surface area contributed by atoms with Gasteiger partial charge in [-0.05, 0) is 29.7 Å². The summed E-state index contributed by atoms with van der Waals surface area (Å²) in [7, 11) is 0. The molecule has 86 valence electrons. The lowest BCUT2D eigenvalue weighted by molar-refractivity contribution is -0.135. The second-order valence-corrected chi connectivity index (χ2v) is 4.02. The SMILES string of the molecule is CCC/C(=C\CC(=O)O)c1ccc(Cl)cc1. The summed E-state index contributed by atoms with van der Waals surface area (Å²) in [5.41, 5.74) is 2.12. The Labute approximate surface area is 101 Å². The van der Waals surface area contributed by atoms with Crippen molar-refractivity contribution in [3.8, 4) is 0 Å². The van der Waals surface area contributed by atoms with E-state index in [0.717, 1.165) is 24.0 Å². The van der Waals surface area contributed by atoms with Crippen LogP contribution in [0.15, 0.2) is 30.3 Å². The normalized spacial score (nSPS) is 11.5. The summed E-state index contributed by atoms with van der Waals surface area (Å²) in [6.07, 6.45) is 3.72. The first-order valence-electron chi connectivity index (χ1n) is 5.30. The number of carboxylic acid groups (broad SMARTS) is 1. The topological polar surface area (TPSA) is 37.3 Å². The van der Waals surface area contributed by atoms with E-state index in [0.29, 0.717) is 5.02 Å². The van der Waals surface area contributed by atoms with Crippen molar-refractivity contribution in [1.82, 2.24) is 0 Å². The molecule has 0 unspecified atom stereocenters. The van der Waals surface area contributed by atoms with E-state index in [4.69, 9.17) is 16.7 Å². The van der Waals surface area contributed by atoms with Gasteiger partial charge in [0.25, 0.3) is 0 Å². The average molecular weight is 239 g/mol. The first-order valence-corrected chi connectivity index (χ1v) is 5.68. The standard InChI is InChI=1S/C13H15ClO2/c1-2-3-10(6-9-13(15)16)11-4-7-12(14)8-5-11/h4-8H,2-3,9H2,1H3,(H,15,16)/b10-6+. The molecule has 0 radical (unpaired) electrons. The van der Waals surface area contributed by atoms with Crippen molar-refractivity contribution in [2.45, 2.75) is 26.2 Å². The fourth-order valence-electron chi connectivity index (χ4n) is 1.51. The van der Waals surface area contributed by atoms with E-state index in [1.807, 2.05) is 24.3 Å². The molecule has 3 heteroatoms. The molecule has 0 heterocycles. The highest BCUT2D eigenvalue weighted by molar-refractivity contribution is 6.30. The second kappa shape index (κ2) is 6.33. The molecule has 0 spiro atoms. The summed E-state index contributed by atoms with van der Waals surface area (Å²) in [4.78, 5) is 10.5. The van der Waals surface area contributed by atoms with E-state index in [-0.39, 0.29) is 6.42 Å². The number of carbonyl (C=O) groups is 1. The van der Waals surface area contributed by atoms with Crippen LogP contribution >= 0.6 is 11.6 Å². The average Bonchev–Trinajstić information content (AvgIpc) is 2.25. The monoisotopic (exact) mass is 238 g/mol. The van der Waals surface area contributed by atoms with Crippen molar-refractivity contribution < 1.29 is 9.90 Å². The van der Waals surface area contributed by atoms with Gasteiger partial charge in [-0.2, -0.15) is 0 Å². The van der Waals surface area contributed by atoms with Crippen LogP contribution in [0, 0.1) is 0 Å². The van der Waals surface area contributed by atoms with Crippen molar-refractivity contribution in [3.63, 3.8) is 0 Å². The third-order valence-electron chi connectivity index (χ3n) is 2.26. The predicted molar refractivity (Wildman–Crippen MR) is 66.6 cm³/mol. The maximum Gasteiger partial charge on any atom is 0.307 e. The van der Waals surface area contributed by atoms with Gasteiger partial charge in [0.1, 0.15) is 0 Å². The molecular formula is C13H15ClO2. The van der Waals surface area contributed by atoms with Crippen LogP contribution in [-0.2, 0) is 4.79 Å². The number of carboxylic acids is 1. The molecule has 0 atom stereocenters. The van der Waals surface area contributed by atoms with E-state index in [9.17, 15) is 4.79 Å². The Kier molecular flexibility index (Phi) is 5.06. The zero-order valence-electron chi connectivity index (χ0n) is 9.24. The van der Waals surface area contributed by atoms with Gasteiger partial charge in [-0.1, -0.05) is 43.2 Å². The maximum absolute atomic E-state index is 10.5. The molecule has 0 bridgehead atoms. The van der Waals surface area contributed by atoms with Gasteiger partial charge in [0.15, 0.2) is 0 Å². The summed E-state index contributed by atoms with van der Waals surface area (Å²) in [5, 5.41) is 9.35. The Balaban J connectivity index is 2.88. The molecule has 2 nitrogen and oxygen atoms in total. The Morgan fingerprint density at radius 3 is 2.50 bits per heavy atom. The van der Waals surface area contributed by atoms with Gasteiger partial charge in [0, 0.05) is 5.02 Å². The summed E-state index contributed by atoms with van der Waals surface area (Å²) < 4.78 is 0. The minimum Gasteiger partial charge on any atom is -0.481 e. The summed E-state index contributed by atoms with van der Waals surface area (Å²) in [5.74, 6) is -0.803. The Morgan fingerprint density at radius 2 is 2.00 bits per heavy atom. The number of allylic oxidation sites excluding steroid dienone is 1. The first-order chi connectivity index (χ1) is 7.63. The highest BCUT2D eigenvalue weighted by atomic mass is 35.5. The molecule has 1 aromatic carbocycles. The molecule has 0 saturated carbocycles. The molecule has 0 saturated heterocycles. The summed E-state index contributed by atoms with van der Waals surface area (Å²) in [6.45, 7) is 2.07. The van der Waals surface area contributed by atoms with Gasteiger partial charge >= 0.3 is 5.97 Å². The number of benzene rings is 1. The minimum absolute atomic E-state index is 0.0674. The smallest absolute Gasteiger partial charge is 0.307 e. The maximum atomic E-state index is 10.5. The highest BCUT2D eigenvalue weighted by Gasteiger charge is 2.02. The zero-order valence-corrected chi connectivity index (χ0v) is 10.00. The molecule has 0 aliphatic carbocycles. The third kappa shape index (κ3) is 4.07. The number of aliphatic carboxylic acids is 1. The van der Waals surface area contributed by atoms with Crippen LogP contribution in [0.3, 0.4) is 0 Å². The van der Waals surface area contributed by atoms with Crippen LogP contribution in [0.4, 0.5) is 0 Å². The molecule has 16 heavy (non-hydrogen) atoms. The van der Waals surface area contributed by atoms with Crippen LogP contribution in [-0.4, -0.2) is 11.1 Å². The van der Waals surface area contributed by atoms with Crippen LogP contribution in [0.5, 0.6) is 0 Å². The van der Waals surface area contributed by atoms with Crippen LogP contribution in [0.1, 0.15) is 31.7 Å². The van der Waals surface area contributed by atoms with E-state index < -0.39 is 5.97 Å². The summed E-state index contributed by atoms with van der Waals surface area (Å²) in [6, 6.07) is 7.49. The van der Waals surface area contributed by atoms with E-state index in [2.05, 4.69) is 6.92 Å². The van der Waals surface area contributed by atoms with Gasteiger partial charge in [-0.25, -0.2) is 0 Å². The predicted octanol–water partition coefficient (Wildman–Crippen LogP) is 4.00. The molecule has 0 aliphatic rings. The van der Waals surface area contributed by atoms with Crippen LogP contribution in [0.25, 0.3) is 5.57 Å². The Hall–Kier alpha value is -1.28. The van der Waals surface area contributed by atoms with Gasteiger partial charge in [0.05, 0.1) is 6.42 Å². The quantitative estimate of drug-likeness (QED) is 0.842. The van der Waals surface area contributed by atoms with Crippen molar-refractivity contribution in [2.24, 2.45) is 0 Å². The van der Waals surface area contributed by atoms with Crippen molar-refractivity contribution in [3.05, 3.63) is 40.9 Å². The third-order valence-corrected chi connectivity index (χ3v) is 2.51. The van der Waals surface area contributed by atoms with Crippen molar-refractivity contribution in [2.75, 3.05) is 0 Å². The minimum atomic E-state index is -0.803. The van der Waals surface area contributed by atoms with Gasteiger partial charge in [-0.3, -0.25) is 4.79 Å². The number of hydrogen-bond acceptors (Lipinski definition) is 1. The van der Waals surface area contributed by atoms with Crippen molar-refractivity contribution in [1.29, 1.82) is 0 Å². The first kappa shape index (κ1) is 12.8. The van der Waals surface area contributed by atoms with Gasteiger partial charge in [0.2, 0.25) is 0 Å². The van der Waals surface area contributed by atoms with Crippen molar-refractivity contribution >= 4 is 23.1 Å². The lowest BCUT2D eigenvalue weighted by Gasteiger charge is -2.06. The van der Waals surface area contributed by atoms with E-state index in [1.54, 1.807) is 6.08 Å². The molecule has 1 rings (SSSR count). The highest BCUT2D eigenvalue weighted by Crippen LogP contribution is 2.22. The Morgan fingerprint density at radius 1 is 1.38 bits per heavy atom. The fourth-order valence-corrected chi connectivity index (χ4v) is 1.63. The molecule has 0 fully saturated rings. The molecule has 0 amide bonds. The fraction of sp³-hybridized carbons (Fsp3) is 0.308. The molecule has 1 N–H and O–H groups in total. The summed E-state index contributed by atoms with van der Waals surface area (Å²) >= 11 is 5.81. The second-order valence-electron chi connectivity index (χ2n) is 3.58. The number of halogens is 1. The molecule has 0 aromatic heterocycles. The van der Waals surface area contributed by atoms with E-state index >= 15 is 0 Å². The molecule has 0 aliphatic heterocycles. The van der Waals surface area contributed by atoms with Gasteiger partial charge in [-0.15, -0.1) is 0 Å². The van der Waals surface area contributed by atoms with Gasteiger partial charge < -0.3 is 5.11 Å². The Bertz CT molecular complexity index is 379. The zero-order chi connectivity index (χ0) is 12.0. The lowest BCUT2D eigenvalue weighted by atomic mass is 10.0. The van der Waals surface area contributed by atoms with E-state index in [1.165, 1.54) is 0 Å². The number of hydrogen-bond donors (Lipinski definition) is 1. The largest absolute Gasteiger partial charge is 0.481 e. The molecular weight excluding hydrogens is 224 g/mol.